The third-order valence-electron chi connectivity index (χ3n) is 4.01. The van der Waals surface area contributed by atoms with Crippen LogP contribution in [0.25, 0.3) is 0 Å². The summed E-state index contributed by atoms with van der Waals surface area (Å²) in [5.41, 5.74) is 2.40. The van der Waals surface area contributed by atoms with E-state index in [0.29, 0.717) is 13.0 Å². The topological polar surface area (TPSA) is 48.0 Å². The number of nitrogens with zero attached hydrogens (tertiary/aromatic N) is 1. The van der Waals surface area contributed by atoms with Gasteiger partial charge in [-0.2, -0.15) is 0 Å². The predicted octanol–water partition coefficient (Wildman–Crippen LogP) is 2.23. The molecule has 0 aliphatic carbocycles. The lowest BCUT2D eigenvalue weighted by atomic mass is 9.96. The normalized spacial score (nSPS) is 17.2. The van der Waals surface area contributed by atoms with Crippen molar-refractivity contribution < 1.29 is 19.0 Å². The monoisotopic (exact) mass is 307 g/mol. The molecule has 0 bridgehead atoms. The van der Waals surface area contributed by atoms with Crippen molar-refractivity contribution >= 4 is 5.78 Å². The van der Waals surface area contributed by atoms with Gasteiger partial charge in [0, 0.05) is 19.5 Å². The van der Waals surface area contributed by atoms with Crippen LogP contribution in [0.1, 0.15) is 30.6 Å². The molecule has 0 saturated carbocycles. The van der Waals surface area contributed by atoms with Gasteiger partial charge in [-0.3, -0.25) is 4.79 Å². The molecule has 5 nitrogen and oxygen atoms in total. The molecule has 1 aromatic carbocycles. The summed E-state index contributed by atoms with van der Waals surface area (Å²) in [6.45, 7) is 3.83. The first kappa shape index (κ1) is 16.8. The van der Waals surface area contributed by atoms with Crippen LogP contribution in [0.4, 0.5) is 0 Å². The molecule has 122 valence electrons. The number of ketones is 1. The van der Waals surface area contributed by atoms with E-state index in [2.05, 4.69) is 4.90 Å². The van der Waals surface area contributed by atoms with Gasteiger partial charge in [0.15, 0.2) is 11.5 Å². The van der Waals surface area contributed by atoms with Crippen molar-refractivity contribution in [3.63, 3.8) is 0 Å². The van der Waals surface area contributed by atoms with E-state index in [0.717, 1.165) is 36.6 Å². The van der Waals surface area contributed by atoms with Crippen LogP contribution in [0.5, 0.6) is 11.5 Å². The highest BCUT2D eigenvalue weighted by atomic mass is 16.5. The van der Waals surface area contributed by atoms with E-state index in [1.807, 2.05) is 19.2 Å². The first-order chi connectivity index (χ1) is 10.5. The van der Waals surface area contributed by atoms with Crippen LogP contribution in [-0.4, -0.2) is 51.6 Å². The number of hydrogen-bond acceptors (Lipinski definition) is 5. The minimum atomic E-state index is 0.000476. The minimum Gasteiger partial charge on any atom is -0.493 e. The maximum absolute atomic E-state index is 11.1. The van der Waals surface area contributed by atoms with E-state index in [1.54, 1.807) is 21.1 Å². The first-order valence-corrected chi connectivity index (χ1v) is 7.59. The summed E-state index contributed by atoms with van der Waals surface area (Å²) in [6.07, 6.45) is 1.45. The Bertz CT molecular complexity index is 530. The zero-order chi connectivity index (χ0) is 16.1. The number of Topliss-reactive ketones (excluding diaryl/α,β-unsaturated/α-hetero) is 1. The van der Waals surface area contributed by atoms with Gasteiger partial charge in [0.25, 0.3) is 0 Å². The Kier molecular flexibility index (Phi) is 5.80. The second-order valence-corrected chi connectivity index (χ2v) is 5.73. The van der Waals surface area contributed by atoms with Crippen LogP contribution in [0.2, 0.25) is 0 Å². The molecule has 1 aliphatic heterocycles. The Labute approximate surface area is 132 Å². The summed E-state index contributed by atoms with van der Waals surface area (Å²) in [6, 6.07) is 4.05. The van der Waals surface area contributed by atoms with Crippen molar-refractivity contribution in [2.24, 2.45) is 0 Å². The maximum atomic E-state index is 11.1. The fourth-order valence-corrected chi connectivity index (χ4v) is 2.73. The van der Waals surface area contributed by atoms with Gasteiger partial charge in [-0.05, 0) is 43.7 Å². The molecule has 1 heterocycles. The number of fused-ring (bicyclic) bond motifs is 1. The SMILES string of the molecule is COc1cc2c(cc1OC)C(CN(C)CCC(C)=O)OCC2. The summed E-state index contributed by atoms with van der Waals surface area (Å²) in [5, 5.41) is 0. The molecule has 0 amide bonds. The van der Waals surface area contributed by atoms with Crippen LogP contribution in [-0.2, 0) is 16.0 Å². The summed E-state index contributed by atoms with van der Waals surface area (Å²) in [7, 11) is 5.31. The molecular weight excluding hydrogens is 282 g/mol. The molecule has 0 fully saturated rings. The van der Waals surface area contributed by atoms with E-state index in [9.17, 15) is 4.79 Å². The zero-order valence-electron chi connectivity index (χ0n) is 13.8. The van der Waals surface area contributed by atoms with Crippen LogP contribution >= 0.6 is 0 Å². The van der Waals surface area contributed by atoms with Crippen molar-refractivity contribution in [1.82, 2.24) is 4.90 Å². The standard InChI is InChI=1S/C17H25NO4/c1-12(19)5-7-18(2)11-17-14-10-16(21-4)15(20-3)9-13(14)6-8-22-17/h9-10,17H,5-8,11H2,1-4H3. The largest absolute Gasteiger partial charge is 0.493 e. The Morgan fingerprint density at radius 2 is 2.00 bits per heavy atom. The summed E-state index contributed by atoms with van der Waals surface area (Å²) >= 11 is 0. The number of likely N-dealkylation sites (N-methyl/N-ethyl adjacent to an activating group) is 1. The molecule has 0 spiro atoms. The minimum absolute atomic E-state index is 0.000476. The van der Waals surface area contributed by atoms with Gasteiger partial charge < -0.3 is 19.1 Å². The highest BCUT2D eigenvalue weighted by Crippen LogP contribution is 2.37. The second-order valence-electron chi connectivity index (χ2n) is 5.73. The molecule has 0 saturated heterocycles. The highest BCUT2D eigenvalue weighted by Gasteiger charge is 2.24. The molecule has 1 aliphatic rings. The molecule has 1 aromatic rings. The summed E-state index contributed by atoms with van der Waals surface area (Å²) in [4.78, 5) is 13.2. The maximum Gasteiger partial charge on any atom is 0.161 e. The first-order valence-electron chi connectivity index (χ1n) is 7.59. The molecule has 2 rings (SSSR count). The van der Waals surface area contributed by atoms with Crippen molar-refractivity contribution in [1.29, 1.82) is 0 Å². The van der Waals surface area contributed by atoms with Crippen LogP contribution in [0.15, 0.2) is 12.1 Å². The number of methoxy groups -OCH3 is 2. The lowest BCUT2D eigenvalue weighted by Crippen LogP contribution is -2.30. The molecule has 1 unspecified atom stereocenters. The molecule has 5 heteroatoms. The third kappa shape index (κ3) is 3.99. The van der Waals surface area contributed by atoms with Gasteiger partial charge in [-0.15, -0.1) is 0 Å². The van der Waals surface area contributed by atoms with Gasteiger partial charge in [0.05, 0.1) is 26.9 Å². The average molecular weight is 307 g/mol. The quantitative estimate of drug-likeness (QED) is 0.773. The Morgan fingerprint density at radius 3 is 2.64 bits per heavy atom. The van der Waals surface area contributed by atoms with E-state index in [-0.39, 0.29) is 11.9 Å². The van der Waals surface area contributed by atoms with E-state index < -0.39 is 0 Å². The number of hydrogen-bond donors (Lipinski definition) is 0. The fraction of sp³-hybridized carbons (Fsp3) is 0.588. The number of rotatable bonds is 7. The van der Waals surface area contributed by atoms with Crippen molar-refractivity contribution in [3.8, 4) is 11.5 Å². The molecular formula is C17H25NO4. The molecule has 0 aromatic heterocycles. The van der Waals surface area contributed by atoms with Gasteiger partial charge >= 0.3 is 0 Å². The molecule has 0 radical (unpaired) electrons. The lowest BCUT2D eigenvalue weighted by Gasteiger charge is -2.30. The van der Waals surface area contributed by atoms with Gasteiger partial charge in [0.2, 0.25) is 0 Å². The van der Waals surface area contributed by atoms with E-state index >= 15 is 0 Å². The van der Waals surface area contributed by atoms with Crippen molar-refractivity contribution in [2.45, 2.75) is 25.9 Å². The molecule has 0 N–H and O–H groups in total. The van der Waals surface area contributed by atoms with Crippen LogP contribution < -0.4 is 9.47 Å². The van der Waals surface area contributed by atoms with Crippen molar-refractivity contribution in [2.75, 3.05) is 41.0 Å². The van der Waals surface area contributed by atoms with Crippen LogP contribution in [0.3, 0.4) is 0 Å². The number of benzene rings is 1. The van der Waals surface area contributed by atoms with Gasteiger partial charge in [-0.25, -0.2) is 0 Å². The Hall–Kier alpha value is -1.59. The number of carbonyl (C=O) groups is 1. The zero-order valence-corrected chi connectivity index (χ0v) is 13.8. The predicted molar refractivity (Wildman–Crippen MR) is 84.7 cm³/mol. The van der Waals surface area contributed by atoms with E-state index in [4.69, 9.17) is 14.2 Å². The fourth-order valence-electron chi connectivity index (χ4n) is 2.73. The smallest absolute Gasteiger partial charge is 0.161 e. The van der Waals surface area contributed by atoms with Gasteiger partial charge in [0.1, 0.15) is 5.78 Å². The number of ether oxygens (including phenoxy) is 3. The number of carbonyl (C=O) groups excluding carboxylic acids is 1. The van der Waals surface area contributed by atoms with Crippen molar-refractivity contribution in [3.05, 3.63) is 23.3 Å². The third-order valence-corrected chi connectivity index (χ3v) is 4.01. The second kappa shape index (κ2) is 7.61. The Balaban J connectivity index is 2.15. The Morgan fingerprint density at radius 1 is 1.32 bits per heavy atom. The summed E-state index contributed by atoms with van der Waals surface area (Å²) < 4.78 is 16.7. The van der Waals surface area contributed by atoms with Crippen LogP contribution in [0, 0.1) is 0 Å². The van der Waals surface area contributed by atoms with E-state index in [1.165, 1.54) is 5.56 Å². The summed E-state index contributed by atoms with van der Waals surface area (Å²) in [5.74, 6) is 1.69. The van der Waals surface area contributed by atoms with Gasteiger partial charge in [-0.1, -0.05) is 0 Å². The molecule has 22 heavy (non-hydrogen) atoms. The highest BCUT2D eigenvalue weighted by molar-refractivity contribution is 5.75. The average Bonchev–Trinajstić information content (AvgIpc) is 2.51. The lowest BCUT2D eigenvalue weighted by molar-refractivity contribution is -0.117. The molecule has 1 atom stereocenters.